The number of imidazole rings is 1. The van der Waals surface area contributed by atoms with Gasteiger partial charge in [-0.2, -0.15) is 0 Å². The largest absolute Gasteiger partial charge is 0.361 e. The number of rotatable bonds is 4. The predicted molar refractivity (Wildman–Crippen MR) is 131 cm³/mol. The minimum absolute atomic E-state index is 0.0983. The first-order valence-corrected chi connectivity index (χ1v) is 11.4. The summed E-state index contributed by atoms with van der Waals surface area (Å²) in [5.41, 5.74) is 6.36. The fraction of sp³-hybridized carbons (Fsp3) is 0.120. The number of hydrogen-bond donors (Lipinski definition) is 2. The van der Waals surface area contributed by atoms with Gasteiger partial charge in [0.2, 0.25) is 0 Å². The molecule has 6 rings (SSSR count). The molecule has 1 atom stereocenters. The van der Waals surface area contributed by atoms with Gasteiger partial charge in [-0.15, -0.1) is 0 Å². The van der Waals surface area contributed by atoms with Crippen LogP contribution in [0.1, 0.15) is 28.9 Å². The summed E-state index contributed by atoms with van der Waals surface area (Å²) >= 11 is 1.56. The molecule has 6 aromatic rings. The zero-order chi connectivity index (χ0) is 22.5. The lowest BCUT2D eigenvalue weighted by Gasteiger charge is -2.15. The van der Waals surface area contributed by atoms with E-state index in [1.165, 1.54) is 0 Å². The Morgan fingerprint density at radius 3 is 2.97 bits per heavy atom. The number of benzene rings is 2. The van der Waals surface area contributed by atoms with E-state index in [1.54, 1.807) is 23.9 Å². The van der Waals surface area contributed by atoms with Gasteiger partial charge in [-0.1, -0.05) is 29.5 Å². The average molecular weight is 453 g/mol. The van der Waals surface area contributed by atoms with E-state index in [-0.39, 0.29) is 11.9 Å². The van der Waals surface area contributed by atoms with Crippen LogP contribution in [0, 0.1) is 0 Å². The van der Waals surface area contributed by atoms with Crippen molar-refractivity contribution < 1.29 is 4.79 Å². The van der Waals surface area contributed by atoms with E-state index in [4.69, 9.17) is 4.98 Å². The van der Waals surface area contributed by atoms with Gasteiger partial charge in [0.1, 0.15) is 20.9 Å². The van der Waals surface area contributed by atoms with Crippen molar-refractivity contribution in [2.24, 2.45) is 7.05 Å². The Labute approximate surface area is 193 Å². The third kappa shape index (κ3) is 3.35. The summed E-state index contributed by atoms with van der Waals surface area (Å²) in [6.45, 7) is 1.99. The molecule has 0 radical (unpaired) electrons. The average Bonchev–Trinajstić information content (AvgIpc) is 3.56. The summed E-state index contributed by atoms with van der Waals surface area (Å²) < 4.78 is 1.97. The van der Waals surface area contributed by atoms with Crippen molar-refractivity contribution in [2.45, 2.75) is 13.0 Å². The van der Waals surface area contributed by atoms with Crippen molar-refractivity contribution in [3.05, 3.63) is 78.4 Å². The smallest absolute Gasteiger partial charge is 0.251 e. The number of fused-ring (bicyclic) bond motifs is 4. The van der Waals surface area contributed by atoms with Crippen molar-refractivity contribution in [2.75, 3.05) is 0 Å². The van der Waals surface area contributed by atoms with Crippen molar-refractivity contribution in [3.63, 3.8) is 0 Å². The topological polar surface area (TPSA) is 88.5 Å². The number of aromatic amines is 1. The number of hydrogen-bond acceptors (Lipinski definition) is 5. The Kier molecular flexibility index (Phi) is 4.48. The second kappa shape index (κ2) is 7.53. The highest BCUT2D eigenvalue weighted by molar-refractivity contribution is 7.21. The summed E-state index contributed by atoms with van der Waals surface area (Å²) in [6, 6.07) is 15.6. The number of carbonyl (C=O) groups is 1. The van der Waals surface area contributed by atoms with Crippen LogP contribution in [0.25, 0.3) is 42.9 Å². The Balaban J connectivity index is 1.29. The van der Waals surface area contributed by atoms with Gasteiger partial charge in [0.05, 0.1) is 24.1 Å². The summed E-state index contributed by atoms with van der Waals surface area (Å²) in [6.07, 6.45) is 5.44. The van der Waals surface area contributed by atoms with E-state index in [1.807, 2.05) is 67.2 Å². The molecule has 0 aliphatic carbocycles. The molecular weight excluding hydrogens is 432 g/mol. The van der Waals surface area contributed by atoms with Crippen LogP contribution < -0.4 is 5.32 Å². The number of aromatic nitrogens is 5. The molecule has 0 spiro atoms. The number of amides is 1. The lowest BCUT2D eigenvalue weighted by molar-refractivity contribution is 0.0940. The van der Waals surface area contributed by atoms with E-state index in [9.17, 15) is 4.79 Å². The van der Waals surface area contributed by atoms with E-state index in [2.05, 4.69) is 26.3 Å². The maximum atomic E-state index is 12.8. The molecule has 7 nitrogen and oxygen atoms in total. The second-order valence-corrected chi connectivity index (χ2v) is 9.10. The van der Waals surface area contributed by atoms with Gasteiger partial charge in [0.15, 0.2) is 0 Å². The SMILES string of the molecule is C[C@H](NC(=O)c1ccc2[nH]ccc2c1)c1cccc(-c2nc3c(ncc4ncn(C)c43)s2)c1. The standard InChI is InChI=1S/C25H20N6OS/c1-14(29-23(32)17-6-7-19-16(11-17)8-9-26-19)15-4-3-5-18(10-15)24-30-21-22-20(28-13-31(22)2)12-27-25(21)33-24/h3-14,26H,1-2H3,(H,29,32)/t14-/m0/s1. The fourth-order valence-corrected chi connectivity index (χ4v) is 5.04. The molecule has 4 heterocycles. The van der Waals surface area contributed by atoms with Gasteiger partial charge in [-0.3, -0.25) is 4.79 Å². The van der Waals surface area contributed by atoms with E-state index in [0.29, 0.717) is 5.56 Å². The van der Waals surface area contributed by atoms with E-state index >= 15 is 0 Å². The molecule has 0 saturated heterocycles. The Bertz CT molecular complexity index is 1660. The van der Waals surface area contributed by atoms with Crippen molar-refractivity contribution in [1.82, 2.24) is 29.8 Å². The first-order valence-electron chi connectivity index (χ1n) is 10.6. The monoisotopic (exact) mass is 452 g/mol. The van der Waals surface area contributed by atoms with Crippen LogP contribution in [-0.2, 0) is 7.05 Å². The number of nitrogens with zero attached hydrogens (tertiary/aromatic N) is 4. The highest BCUT2D eigenvalue weighted by atomic mass is 32.1. The normalized spacial score (nSPS) is 12.5. The van der Waals surface area contributed by atoms with Gasteiger partial charge in [0.25, 0.3) is 5.91 Å². The summed E-state index contributed by atoms with van der Waals surface area (Å²) in [5, 5.41) is 5.02. The summed E-state index contributed by atoms with van der Waals surface area (Å²) in [4.78, 5) is 30.7. The van der Waals surface area contributed by atoms with Crippen molar-refractivity contribution >= 4 is 49.5 Å². The first-order chi connectivity index (χ1) is 16.1. The summed E-state index contributed by atoms with van der Waals surface area (Å²) in [5.74, 6) is -0.0983. The van der Waals surface area contributed by atoms with Crippen LogP contribution >= 0.6 is 11.3 Å². The van der Waals surface area contributed by atoms with E-state index in [0.717, 1.165) is 48.4 Å². The van der Waals surface area contributed by atoms with Crippen LogP contribution in [-0.4, -0.2) is 30.4 Å². The Morgan fingerprint density at radius 1 is 1.15 bits per heavy atom. The molecule has 0 fully saturated rings. The highest BCUT2D eigenvalue weighted by Gasteiger charge is 2.16. The lowest BCUT2D eigenvalue weighted by Crippen LogP contribution is -2.26. The number of nitrogens with one attached hydrogen (secondary N) is 2. The summed E-state index contributed by atoms with van der Waals surface area (Å²) in [7, 11) is 1.96. The predicted octanol–water partition coefficient (Wildman–Crippen LogP) is 5.22. The number of thiazole rings is 1. The van der Waals surface area contributed by atoms with Gasteiger partial charge in [0, 0.05) is 35.3 Å². The molecule has 0 saturated carbocycles. The third-order valence-corrected chi connectivity index (χ3v) is 6.91. The van der Waals surface area contributed by atoms with Crippen LogP contribution in [0.5, 0.6) is 0 Å². The van der Waals surface area contributed by atoms with Crippen LogP contribution in [0.15, 0.2) is 67.3 Å². The van der Waals surface area contributed by atoms with Crippen molar-refractivity contribution in [1.29, 1.82) is 0 Å². The zero-order valence-electron chi connectivity index (χ0n) is 18.0. The first kappa shape index (κ1) is 19.6. The molecule has 0 unspecified atom stereocenters. The number of H-pyrrole nitrogens is 1. The minimum Gasteiger partial charge on any atom is -0.361 e. The molecule has 162 valence electrons. The van der Waals surface area contributed by atoms with Gasteiger partial charge >= 0.3 is 0 Å². The number of aryl methyl sites for hydroxylation is 1. The quantitative estimate of drug-likeness (QED) is 0.384. The molecule has 2 N–H and O–H groups in total. The number of pyridine rings is 1. The molecule has 0 bridgehead atoms. The van der Waals surface area contributed by atoms with Crippen LogP contribution in [0.2, 0.25) is 0 Å². The molecule has 8 heteroatoms. The molecule has 0 aliphatic rings. The molecular formula is C25H20N6OS. The molecule has 2 aromatic carbocycles. The molecule has 1 amide bonds. The number of carbonyl (C=O) groups excluding carboxylic acids is 1. The Morgan fingerprint density at radius 2 is 2.06 bits per heavy atom. The van der Waals surface area contributed by atoms with Crippen molar-refractivity contribution in [3.8, 4) is 10.6 Å². The maximum Gasteiger partial charge on any atom is 0.251 e. The second-order valence-electron chi connectivity index (χ2n) is 8.12. The Hall–Kier alpha value is -4.04. The lowest BCUT2D eigenvalue weighted by atomic mass is 10.0. The highest BCUT2D eigenvalue weighted by Crippen LogP contribution is 2.33. The maximum absolute atomic E-state index is 12.8. The van der Waals surface area contributed by atoms with Gasteiger partial charge in [-0.25, -0.2) is 15.0 Å². The zero-order valence-corrected chi connectivity index (χ0v) is 18.9. The molecule has 4 aromatic heterocycles. The van der Waals surface area contributed by atoms with Crippen LogP contribution in [0.3, 0.4) is 0 Å². The molecule has 33 heavy (non-hydrogen) atoms. The fourth-order valence-electron chi connectivity index (χ4n) is 4.13. The third-order valence-electron chi connectivity index (χ3n) is 5.90. The van der Waals surface area contributed by atoms with E-state index < -0.39 is 0 Å². The molecule has 0 aliphatic heterocycles. The van der Waals surface area contributed by atoms with Gasteiger partial charge in [-0.05, 0) is 42.8 Å². The van der Waals surface area contributed by atoms with Crippen LogP contribution in [0.4, 0.5) is 0 Å². The van der Waals surface area contributed by atoms with Gasteiger partial charge < -0.3 is 14.9 Å². The minimum atomic E-state index is -0.157.